The largest absolute Gasteiger partial charge is 0.387 e. The van der Waals surface area contributed by atoms with Crippen molar-refractivity contribution in [2.24, 2.45) is 5.41 Å². The minimum absolute atomic E-state index is 0.0754. The van der Waals surface area contributed by atoms with Crippen molar-refractivity contribution in [3.8, 4) is 0 Å². The fourth-order valence-electron chi connectivity index (χ4n) is 3.83. The number of nitrogens with zero attached hydrogens (tertiary/aromatic N) is 1. The van der Waals surface area contributed by atoms with Crippen LogP contribution in [0.5, 0.6) is 0 Å². The number of benzene rings is 2. The molecule has 0 heterocycles. The summed E-state index contributed by atoms with van der Waals surface area (Å²) in [6.45, 7) is 5.41. The normalized spacial score (nSPS) is 15.7. The average molecular weight is 597 g/mol. The summed E-state index contributed by atoms with van der Waals surface area (Å²) in [6, 6.07) is 10.0. The van der Waals surface area contributed by atoms with Gasteiger partial charge in [-0.15, -0.1) is 0 Å². The molecule has 0 aliphatic rings. The van der Waals surface area contributed by atoms with E-state index in [9.17, 15) is 33.7 Å². The summed E-state index contributed by atoms with van der Waals surface area (Å²) in [7, 11) is 2.51. The van der Waals surface area contributed by atoms with Crippen LogP contribution in [-0.4, -0.2) is 77.6 Å². The van der Waals surface area contributed by atoms with E-state index in [1.807, 2.05) is 20.8 Å². The van der Waals surface area contributed by atoms with Crippen molar-refractivity contribution in [3.63, 3.8) is 0 Å². The highest BCUT2D eigenvalue weighted by molar-refractivity contribution is 7.94. The van der Waals surface area contributed by atoms with Gasteiger partial charge in [0.05, 0.1) is 13.7 Å². The molecule has 4 N–H and O–H groups in total. The fraction of sp³-hybridized carbons (Fsp3) is 0.448. The van der Waals surface area contributed by atoms with E-state index in [0.717, 1.165) is 37.4 Å². The van der Waals surface area contributed by atoms with Gasteiger partial charge in [0.1, 0.15) is 36.0 Å². The Kier molecular flexibility index (Phi) is 13.4. The predicted molar refractivity (Wildman–Crippen MR) is 153 cm³/mol. The molecule has 9 nitrogen and oxygen atoms in total. The first-order valence-electron chi connectivity index (χ1n) is 12.8. The number of methoxy groups -OCH3 is 1. The van der Waals surface area contributed by atoms with Crippen molar-refractivity contribution in [2.45, 2.75) is 57.8 Å². The number of allylic oxidation sites excluding steroid dienone is 1. The summed E-state index contributed by atoms with van der Waals surface area (Å²) in [4.78, 5) is 28.3. The van der Waals surface area contributed by atoms with Gasteiger partial charge in [-0.25, -0.2) is 8.78 Å². The van der Waals surface area contributed by atoms with Crippen LogP contribution in [0.3, 0.4) is 0 Å². The van der Waals surface area contributed by atoms with Crippen LogP contribution in [0, 0.1) is 17.0 Å². The van der Waals surface area contributed by atoms with E-state index >= 15 is 0 Å². The molecule has 0 radical (unpaired) electrons. The number of carbonyl (C=O) groups is 2. The maximum absolute atomic E-state index is 13.9. The van der Waals surface area contributed by atoms with E-state index < -0.39 is 53.9 Å². The number of ether oxygens (including phenoxy) is 1. The molecule has 12 heteroatoms. The number of nitrogens with one attached hydrogen (secondary N) is 1. The molecule has 0 unspecified atom stereocenters. The summed E-state index contributed by atoms with van der Waals surface area (Å²) >= 11 is 0.874. The van der Waals surface area contributed by atoms with Gasteiger partial charge in [0, 0.05) is 24.6 Å². The third kappa shape index (κ3) is 10.8. The van der Waals surface area contributed by atoms with Crippen LogP contribution in [0.1, 0.15) is 26.3 Å². The summed E-state index contributed by atoms with van der Waals surface area (Å²) in [5.74, 6) is -3.28. The van der Waals surface area contributed by atoms with Crippen LogP contribution in [0.25, 0.3) is 0 Å². The maximum Gasteiger partial charge on any atom is 0.252 e. The monoisotopic (exact) mass is 596 g/mol. The Morgan fingerprint density at radius 1 is 1.02 bits per heavy atom. The van der Waals surface area contributed by atoms with Gasteiger partial charge in [0.25, 0.3) is 11.8 Å². The SMILES string of the molecule is COSC[C@H](NC(=O)[C@H](OC)[C@H](O)[C@@H](O)[C@H](O)/C=C/C(C)(C)C)C(=O)N(Cc1cc(F)cc(F)c1)c1ccccc1. The van der Waals surface area contributed by atoms with Crippen LogP contribution in [0.15, 0.2) is 60.7 Å². The van der Waals surface area contributed by atoms with Gasteiger partial charge in [0.2, 0.25) is 0 Å². The molecule has 41 heavy (non-hydrogen) atoms. The second-order valence-electron chi connectivity index (χ2n) is 10.4. The lowest BCUT2D eigenvalue weighted by atomic mass is 9.94. The molecular formula is C29H38F2N2O7S. The number of anilines is 1. The molecule has 226 valence electrons. The van der Waals surface area contributed by atoms with Crippen LogP contribution >= 0.6 is 12.0 Å². The molecule has 5 atom stereocenters. The van der Waals surface area contributed by atoms with E-state index in [-0.39, 0.29) is 23.3 Å². The lowest BCUT2D eigenvalue weighted by molar-refractivity contribution is -0.150. The number of rotatable bonds is 14. The van der Waals surface area contributed by atoms with Crippen molar-refractivity contribution < 1.29 is 42.6 Å². The highest BCUT2D eigenvalue weighted by Crippen LogP contribution is 2.21. The zero-order valence-corrected chi connectivity index (χ0v) is 24.5. The maximum atomic E-state index is 13.9. The zero-order valence-electron chi connectivity index (χ0n) is 23.7. The summed E-state index contributed by atoms with van der Waals surface area (Å²) in [5, 5.41) is 34.0. The summed E-state index contributed by atoms with van der Waals surface area (Å²) < 4.78 is 38.0. The van der Waals surface area contributed by atoms with E-state index in [4.69, 9.17) is 8.92 Å². The highest BCUT2D eigenvalue weighted by Gasteiger charge is 2.38. The van der Waals surface area contributed by atoms with Gasteiger partial charge in [-0.3, -0.25) is 9.59 Å². The van der Waals surface area contributed by atoms with Gasteiger partial charge in [-0.05, 0) is 47.3 Å². The summed E-state index contributed by atoms with van der Waals surface area (Å²) in [6.07, 6.45) is -3.84. The second-order valence-corrected chi connectivity index (χ2v) is 11.3. The Bertz CT molecular complexity index is 1140. The van der Waals surface area contributed by atoms with Gasteiger partial charge < -0.3 is 34.5 Å². The number of halogens is 2. The Hall–Kier alpha value is -2.87. The molecule has 2 aromatic carbocycles. The van der Waals surface area contributed by atoms with E-state index in [0.29, 0.717) is 5.69 Å². The number of aliphatic hydroxyl groups excluding tert-OH is 3. The number of para-hydroxylation sites is 1. The van der Waals surface area contributed by atoms with Crippen LogP contribution in [0.4, 0.5) is 14.5 Å². The quantitative estimate of drug-likeness (QED) is 0.194. The predicted octanol–water partition coefficient (Wildman–Crippen LogP) is 2.98. The van der Waals surface area contributed by atoms with E-state index in [2.05, 4.69) is 5.32 Å². The van der Waals surface area contributed by atoms with Gasteiger partial charge in [0.15, 0.2) is 6.10 Å². The number of aliphatic hydroxyl groups is 3. The Morgan fingerprint density at radius 2 is 1.63 bits per heavy atom. The van der Waals surface area contributed by atoms with Crippen molar-refractivity contribution in [3.05, 3.63) is 77.9 Å². The molecule has 0 saturated carbocycles. The van der Waals surface area contributed by atoms with Crippen molar-refractivity contribution in [2.75, 3.05) is 24.9 Å². The van der Waals surface area contributed by atoms with E-state index in [1.165, 1.54) is 18.1 Å². The number of hydrogen-bond acceptors (Lipinski definition) is 8. The first-order valence-corrected chi connectivity index (χ1v) is 13.7. The van der Waals surface area contributed by atoms with Gasteiger partial charge >= 0.3 is 0 Å². The third-order valence-corrected chi connectivity index (χ3v) is 6.58. The zero-order chi connectivity index (χ0) is 30.7. The number of hydrogen-bond donors (Lipinski definition) is 4. The molecule has 2 amide bonds. The standard InChI is InChI=1S/C29H38F2N2O7S/c1-29(2,3)12-11-23(34)24(35)25(36)26(39-4)27(37)32-22(17-41-40-5)28(38)33(21-9-7-6-8-10-21)16-18-13-19(30)15-20(31)14-18/h6-15,22-26,34-36H,16-17H2,1-5H3,(H,32,37)/b12-11+/t22-,23+,24-,25+,26+/m0/s1. The molecule has 0 bridgehead atoms. The minimum Gasteiger partial charge on any atom is -0.387 e. The first kappa shape index (κ1) is 34.3. The third-order valence-electron chi connectivity index (χ3n) is 5.88. The van der Waals surface area contributed by atoms with Crippen molar-refractivity contribution >= 4 is 29.5 Å². The van der Waals surface area contributed by atoms with Crippen LogP contribution in [0.2, 0.25) is 0 Å². The summed E-state index contributed by atoms with van der Waals surface area (Å²) in [5.41, 5.74) is 0.268. The lowest BCUT2D eigenvalue weighted by Crippen LogP contribution is -2.57. The van der Waals surface area contributed by atoms with Gasteiger partial charge in [-0.2, -0.15) is 0 Å². The lowest BCUT2D eigenvalue weighted by Gasteiger charge is -2.31. The first-order chi connectivity index (χ1) is 19.3. The molecule has 2 rings (SSSR count). The Morgan fingerprint density at radius 3 is 2.17 bits per heavy atom. The molecule has 0 spiro atoms. The number of carbonyl (C=O) groups excluding carboxylic acids is 2. The van der Waals surface area contributed by atoms with Crippen LogP contribution < -0.4 is 10.2 Å². The highest BCUT2D eigenvalue weighted by atomic mass is 32.2. The molecule has 0 saturated heterocycles. The van der Waals surface area contributed by atoms with Gasteiger partial charge in [-0.1, -0.05) is 51.1 Å². The molecule has 0 fully saturated rings. The Labute approximate surface area is 243 Å². The molecular weight excluding hydrogens is 558 g/mol. The second kappa shape index (κ2) is 15.9. The topological polar surface area (TPSA) is 129 Å². The van der Waals surface area contributed by atoms with Crippen molar-refractivity contribution in [1.82, 2.24) is 5.32 Å². The van der Waals surface area contributed by atoms with E-state index in [1.54, 1.807) is 36.4 Å². The van der Waals surface area contributed by atoms with Crippen molar-refractivity contribution in [1.29, 1.82) is 0 Å². The number of amides is 2. The Balaban J connectivity index is 2.33. The molecule has 2 aromatic rings. The smallest absolute Gasteiger partial charge is 0.252 e. The average Bonchev–Trinajstić information content (AvgIpc) is 2.91. The molecule has 0 aliphatic carbocycles. The van der Waals surface area contributed by atoms with Crippen LogP contribution in [-0.2, 0) is 25.1 Å². The fourth-order valence-corrected chi connectivity index (χ4v) is 4.32. The minimum atomic E-state index is -1.86. The molecule has 0 aliphatic heterocycles. The molecule has 0 aromatic heterocycles.